The monoisotopic (exact) mass is 295 g/mol. The summed E-state index contributed by atoms with van der Waals surface area (Å²) < 4.78 is 9.24. The maximum atomic E-state index is 11.6. The molecule has 1 aromatic carbocycles. The van der Waals surface area contributed by atoms with Gasteiger partial charge in [0, 0.05) is 13.0 Å². The molecule has 2 N–H and O–H groups in total. The fourth-order valence-corrected chi connectivity index (χ4v) is 1.46. The van der Waals surface area contributed by atoms with Gasteiger partial charge in [-0.3, -0.25) is 9.59 Å². The number of methoxy groups -OCH3 is 1. The molecule has 0 atom stereocenters. The van der Waals surface area contributed by atoms with Crippen LogP contribution >= 0.6 is 0 Å². The van der Waals surface area contributed by atoms with E-state index in [2.05, 4.69) is 10.1 Å². The molecule has 7 nitrogen and oxygen atoms in total. The molecular formula is C14H17NO6. The summed E-state index contributed by atoms with van der Waals surface area (Å²) in [6.45, 7) is -0.135. The Labute approximate surface area is 121 Å². The van der Waals surface area contributed by atoms with Crippen LogP contribution in [-0.2, 0) is 19.1 Å². The topological polar surface area (TPSA) is 102 Å². The minimum absolute atomic E-state index is 0.0586. The number of nitrogens with one attached hydrogen (secondary N) is 1. The minimum Gasteiger partial charge on any atom is -0.508 e. The second-order valence-electron chi connectivity index (χ2n) is 4.16. The Balaban J connectivity index is 2.24. The standard InChI is InChI=1S/C14H17NO6/c1-20-13(18)6-3-7-15-12(17)9-21-14(19)10-4-2-5-11(16)8-10/h2,4-5,8,16H,3,6-7,9H2,1H3,(H,15,17). The Morgan fingerprint density at radius 3 is 2.71 bits per heavy atom. The highest BCUT2D eigenvalue weighted by Gasteiger charge is 2.10. The van der Waals surface area contributed by atoms with Gasteiger partial charge in [-0.2, -0.15) is 0 Å². The van der Waals surface area contributed by atoms with Crippen molar-refractivity contribution in [1.82, 2.24) is 5.32 Å². The van der Waals surface area contributed by atoms with Gasteiger partial charge in [-0.15, -0.1) is 0 Å². The Kier molecular flexibility index (Phi) is 6.73. The van der Waals surface area contributed by atoms with E-state index in [9.17, 15) is 19.5 Å². The summed E-state index contributed by atoms with van der Waals surface area (Å²) in [5.41, 5.74) is 0.161. The van der Waals surface area contributed by atoms with Crippen LogP contribution in [0, 0.1) is 0 Å². The van der Waals surface area contributed by atoms with Gasteiger partial charge in [-0.1, -0.05) is 6.07 Å². The van der Waals surface area contributed by atoms with Gasteiger partial charge in [0.1, 0.15) is 5.75 Å². The number of ether oxygens (including phenoxy) is 2. The summed E-state index contributed by atoms with van der Waals surface area (Å²) in [7, 11) is 1.29. The highest BCUT2D eigenvalue weighted by atomic mass is 16.5. The predicted molar refractivity (Wildman–Crippen MR) is 72.6 cm³/mol. The molecule has 0 saturated heterocycles. The molecule has 0 spiro atoms. The number of hydrogen-bond donors (Lipinski definition) is 2. The zero-order valence-corrected chi connectivity index (χ0v) is 11.6. The highest BCUT2D eigenvalue weighted by Crippen LogP contribution is 2.11. The molecular weight excluding hydrogens is 278 g/mol. The van der Waals surface area contributed by atoms with Gasteiger partial charge in [0.15, 0.2) is 6.61 Å². The van der Waals surface area contributed by atoms with E-state index >= 15 is 0 Å². The molecule has 1 amide bonds. The van der Waals surface area contributed by atoms with Crippen LogP contribution in [0.4, 0.5) is 0 Å². The van der Waals surface area contributed by atoms with E-state index in [0.29, 0.717) is 6.42 Å². The van der Waals surface area contributed by atoms with Gasteiger partial charge in [-0.25, -0.2) is 4.79 Å². The number of rotatable bonds is 7. The number of hydrogen-bond acceptors (Lipinski definition) is 6. The summed E-state index contributed by atoms with van der Waals surface area (Å²) >= 11 is 0. The molecule has 0 fully saturated rings. The van der Waals surface area contributed by atoms with Gasteiger partial charge in [-0.05, 0) is 24.6 Å². The maximum Gasteiger partial charge on any atom is 0.338 e. The minimum atomic E-state index is -0.699. The van der Waals surface area contributed by atoms with Crippen molar-refractivity contribution in [1.29, 1.82) is 0 Å². The number of phenols is 1. The maximum absolute atomic E-state index is 11.6. The lowest BCUT2D eigenvalue weighted by molar-refractivity contribution is -0.140. The zero-order chi connectivity index (χ0) is 15.7. The van der Waals surface area contributed by atoms with E-state index in [1.165, 1.54) is 31.4 Å². The van der Waals surface area contributed by atoms with Crippen LogP contribution in [-0.4, -0.2) is 43.2 Å². The summed E-state index contributed by atoms with van der Waals surface area (Å²) in [5, 5.41) is 11.7. The number of carbonyl (C=O) groups excluding carboxylic acids is 3. The molecule has 1 aromatic rings. The molecule has 0 heterocycles. The van der Waals surface area contributed by atoms with E-state index in [0.717, 1.165) is 0 Å². The summed E-state index contributed by atoms with van der Waals surface area (Å²) in [6, 6.07) is 5.64. The van der Waals surface area contributed by atoms with Crippen molar-refractivity contribution in [2.24, 2.45) is 0 Å². The average Bonchev–Trinajstić information content (AvgIpc) is 2.48. The Hall–Kier alpha value is -2.57. The number of benzene rings is 1. The third-order valence-electron chi connectivity index (χ3n) is 2.52. The zero-order valence-electron chi connectivity index (χ0n) is 11.6. The van der Waals surface area contributed by atoms with E-state index < -0.39 is 18.5 Å². The molecule has 21 heavy (non-hydrogen) atoms. The van der Waals surface area contributed by atoms with Gasteiger partial charge in [0.2, 0.25) is 0 Å². The van der Waals surface area contributed by atoms with Crippen LogP contribution in [0.25, 0.3) is 0 Å². The molecule has 1 rings (SSSR count). The van der Waals surface area contributed by atoms with Gasteiger partial charge in [0.05, 0.1) is 12.7 Å². The van der Waals surface area contributed by atoms with Gasteiger partial charge >= 0.3 is 11.9 Å². The van der Waals surface area contributed by atoms with Crippen molar-refractivity contribution in [3.05, 3.63) is 29.8 Å². The third-order valence-corrected chi connectivity index (χ3v) is 2.52. The number of amides is 1. The number of phenolic OH excluding ortho intramolecular Hbond substituents is 1. The van der Waals surface area contributed by atoms with Crippen molar-refractivity contribution in [3.8, 4) is 5.75 Å². The van der Waals surface area contributed by atoms with Crippen LogP contribution in [0.15, 0.2) is 24.3 Å². The van der Waals surface area contributed by atoms with Crippen molar-refractivity contribution in [2.75, 3.05) is 20.3 Å². The number of carbonyl (C=O) groups is 3. The first-order chi connectivity index (χ1) is 10.0. The third kappa shape index (κ3) is 6.42. The first kappa shape index (κ1) is 16.5. The Morgan fingerprint density at radius 2 is 2.05 bits per heavy atom. The quantitative estimate of drug-likeness (QED) is 0.564. The smallest absolute Gasteiger partial charge is 0.338 e. The SMILES string of the molecule is COC(=O)CCCNC(=O)COC(=O)c1cccc(O)c1. The largest absolute Gasteiger partial charge is 0.508 e. The predicted octanol–water partition coefficient (Wildman–Crippen LogP) is 0.618. The van der Waals surface area contributed by atoms with E-state index in [-0.39, 0.29) is 30.2 Å². The molecule has 7 heteroatoms. The van der Waals surface area contributed by atoms with Crippen LogP contribution < -0.4 is 5.32 Å². The lowest BCUT2D eigenvalue weighted by Gasteiger charge is -2.06. The number of aromatic hydroxyl groups is 1. The number of esters is 2. The normalized spacial score (nSPS) is 9.76. The summed E-state index contributed by atoms with van der Waals surface area (Å²) in [6.07, 6.45) is 0.652. The summed E-state index contributed by atoms with van der Waals surface area (Å²) in [4.78, 5) is 33.8. The lowest BCUT2D eigenvalue weighted by Crippen LogP contribution is -2.29. The second-order valence-corrected chi connectivity index (χ2v) is 4.16. The lowest BCUT2D eigenvalue weighted by atomic mass is 10.2. The average molecular weight is 295 g/mol. The van der Waals surface area contributed by atoms with Crippen molar-refractivity contribution in [3.63, 3.8) is 0 Å². The van der Waals surface area contributed by atoms with E-state index in [1.807, 2.05) is 0 Å². The van der Waals surface area contributed by atoms with Crippen molar-refractivity contribution < 1.29 is 29.0 Å². The Morgan fingerprint density at radius 1 is 1.29 bits per heavy atom. The van der Waals surface area contributed by atoms with Gasteiger partial charge < -0.3 is 19.9 Å². The van der Waals surface area contributed by atoms with E-state index in [1.54, 1.807) is 0 Å². The molecule has 0 aromatic heterocycles. The van der Waals surface area contributed by atoms with Crippen LogP contribution in [0.3, 0.4) is 0 Å². The van der Waals surface area contributed by atoms with Crippen LogP contribution in [0.2, 0.25) is 0 Å². The molecule has 0 saturated carbocycles. The van der Waals surface area contributed by atoms with Crippen LogP contribution in [0.1, 0.15) is 23.2 Å². The fourth-order valence-electron chi connectivity index (χ4n) is 1.46. The molecule has 0 radical (unpaired) electrons. The van der Waals surface area contributed by atoms with Crippen LogP contribution in [0.5, 0.6) is 5.75 Å². The first-order valence-electron chi connectivity index (χ1n) is 6.32. The molecule has 0 unspecified atom stereocenters. The highest BCUT2D eigenvalue weighted by molar-refractivity contribution is 5.91. The van der Waals surface area contributed by atoms with E-state index in [4.69, 9.17) is 4.74 Å². The molecule has 0 aliphatic rings. The van der Waals surface area contributed by atoms with Gasteiger partial charge in [0.25, 0.3) is 5.91 Å². The molecule has 114 valence electrons. The summed E-state index contributed by atoms with van der Waals surface area (Å²) in [5.74, 6) is -1.57. The fraction of sp³-hybridized carbons (Fsp3) is 0.357. The van der Waals surface area contributed by atoms with Crippen molar-refractivity contribution in [2.45, 2.75) is 12.8 Å². The van der Waals surface area contributed by atoms with Crippen molar-refractivity contribution >= 4 is 17.8 Å². The first-order valence-corrected chi connectivity index (χ1v) is 6.32. The molecule has 0 aliphatic carbocycles. The molecule has 0 aliphatic heterocycles. The Bertz CT molecular complexity index is 514. The molecule has 0 bridgehead atoms. The second kappa shape index (κ2) is 8.57.